The van der Waals surface area contributed by atoms with Crippen LogP contribution in [0, 0.1) is 11.6 Å². The number of nitrogens with zero attached hydrogens (tertiary/aromatic N) is 1. The van der Waals surface area contributed by atoms with Gasteiger partial charge < -0.3 is 31.1 Å². The summed E-state index contributed by atoms with van der Waals surface area (Å²) in [5.41, 5.74) is 5.99. The smallest absolute Gasteiger partial charge is 0.337 e. The molecular weight excluding hydrogens is 682 g/mol. The summed E-state index contributed by atoms with van der Waals surface area (Å²) >= 11 is 0. The van der Waals surface area contributed by atoms with Crippen molar-refractivity contribution in [3.63, 3.8) is 0 Å². The summed E-state index contributed by atoms with van der Waals surface area (Å²) in [6.07, 6.45) is 0.690. The Bertz CT molecular complexity index is 1560. The zero-order valence-electron chi connectivity index (χ0n) is 30.1. The fourth-order valence-corrected chi connectivity index (χ4v) is 8.68. The first-order valence-corrected chi connectivity index (χ1v) is 19.5. The average Bonchev–Trinajstić information content (AvgIpc) is 3.07. The minimum absolute atomic E-state index is 0.0801. The third-order valence-electron chi connectivity index (χ3n) is 9.33. The minimum Gasteiger partial charge on any atom is -0.460 e. The molecule has 2 amide bonds. The van der Waals surface area contributed by atoms with Crippen molar-refractivity contribution in [2.45, 2.75) is 115 Å². The summed E-state index contributed by atoms with van der Waals surface area (Å²) in [7, 11) is -4.15. The molecule has 0 bridgehead atoms. The fourth-order valence-electron chi connectivity index (χ4n) is 6.37. The summed E-state index contributed by atoms with van der Waals surface area (Å²) < 4.78 is 61.7. The number of aliphatic hydroxyl groups is 1. The fraction of sp³-hybridized carbons (Fsp3) is 0.595. The third-order valence-corrected chi connectivity index (χ3v) is 11.7. The molecule has 0 spiro atoms. The van der Waals surface area contributed by atoms with E-state index in [2.05, 4.69) is 10.6 Å². The van der Waals surface area contributed by atoms with Crippen LogP contribution in [-0.4, -0.2) is 90.6 Å². The molecule has 1 fully saturated rings. The minimum atomic E-state index is -4.15. The van der Waals surface area contributed by atoms with Crippen LogP contribution in [0.2, 0.25) is 0 Å². The maximum absolute atomic E-state index is 14.2. The van der Waals surface area contributed by atoms with Crippen molar-refractivity contribution < 1.29 is 41.4 Å². The van der Waals surface area contributed by atoms with Crippen molar-refractivity contribution in [3.8, 4) is 0 Å². The van der Waals surface area contributed by atoms with Crippen LogP contribution in [0.25, 0.3) is 0 Å². The lowest BCUT2D eigenvalue weighted by atomic mass is 9.97. The van der Waals surface area contributed by atoms with Crippen molar-refractivity contribution in [1.29, 1.82) is 0 Å². The molecular formula is C37H54F2N4O7S. The number of ether oxygens (including phenoxy) is 1. The van der Waals surface area contributed by atoms with Gasteiger partial charge in [0.1, 0.15) is 17.7 Å². The second-order valence-electron chi connectivity index (χ2n) is 13.5. The van der Waals surface area contributed by atoms with Gasteiger partial charge in [-0.3, -0.25) is 9.59 Å². The molecule has 1 unspecified atom stereocenters. The van der Waals surface area contributed by atoms with Crippen molar-refractivity contribution in [3.05, 3.63) is 70.8 Å². The summed E-state index contributed by atoms with van der Waals surface area (Å²) in [6.45, 7) is 8.01. The topological polar surface area (TPSA) is 168 Å². The molecule has 1 aliphatic heterocycles. The van der Waals surface area contributed by atoms with Gasteiger partial charge in [-0.25, -0.2) is 22.0 Å². The Kier molecular flexibility index (Phi) is 16.0. The molecule has 11 nitrogen and oxygen atoms in total. The number of carbonyl (C=O) groups is 3. The van der Waals surface area contributed by atoms with Gasteiger partial charge >= 0.3 is 5.97 Å². The van der Waals surface area contributed by atoms with E-state index < -0.39 is 68.1 Å². The number of sulfone groups is 1. The Labute approximate surface area is 300 Å². The molecule has 2 aromatic carbocycles. The Balaban J connectivity index is 1.92. The van der Waals surface area contributed by atoms with Gasteiger partial charge in [0.15, 0.2) is 9.84 Å². The van der Waals surface area contributed by atoms with Gasteiger partial charge in [0.2, 0.25) is 11.4 Å². The van der Waals surface area contributed by atoms with Gasteiger partial charge in [0, 0.05) is 52.0 Å². The highest BCUT2D eigenvalue weighted by atomic mass is 32.2. The molecule has 14 heteroatoms. The monoisotopic (exact) mass is 736 g/mol. The van der Waals surface area contributed by atoms with Crippen LogP contribution < -0.4 is 16.4 Å². The number of halogens is 2. The van der Waals surface area contributed by atoms with E-state index >= 15 is 0 Å². The second-order valence-corrected chi connectivity index (χ2v) is 15.8. The summed E-state index contributed by atoms with van der Waals surface area (Å²) in [5.74, 6) is -5.38. The number of aliphatic hydroxyl groups excluding tert-OH is 1. The lowest BCUT2D eigenvalue weighted by Gasteiger charge is -2.35. The molecule has 1 heterocycles. The van der Waals surface area contributed by atoms with Gasteiger partial charge in [-0.2, -0.15) is 0 Å². The van der Waals surface area contributed by atoms with Crippen LogP contribution in [0.1, 0.15) is 82.9 Å². The number of likely N-dealkylation sites (tertiary alicyclic amines) is 1. The van der Waals surface area contributed by atoms with Gasteiger partial charge in [-0.05, 0) is 54.5 Å². The average molecular weight is 737 g/mol. The molecule has 0 radical (unpaired) electrons. The molecule has 3 atom stereocenters. The molecule has 0 aromatic heterocycles. The summed E-state index contributed by atoms with van der Waals surface area (Å²) in [4.78, 5) is 41.4. The molecule has 0 aliphatic carbocycles. The number of esters is 1. The molecule has 51 heavy (non-hydrogen) atoms. The first-order chi connectivity index (χ1) is 24.1. The summed E-state index contributed by atoms with van der Waals surface area (Å²) in [5, 5.41) is 16.2. The number of hydrogen-bond donors (Lipinski definition) is 4. The predicted octanol–water partition coefficient (Wildman–Crippen LogP) is 3.34. The van der Waals surface area contributed by atoms with E-state index in [1.165, 1.54) is 6.92 Å². The highest BCUT2D eigenvalue weighted by molar-refractivity contribution is 7.92. The molecule has 284 valence electrons. The zero-order chi connectivity index (χ0) is 37.8. The number of nitrogens with one attached hydrogen (secondary N) is 2. The van der Waals surface area contributed by atoms with Crippen molar-refractivity contribution in [1.82, 2.24) is 15.5 Å². The Morgan fingerprint density at radius 3 is 2.18 bits per heavy atom. The highest BCUT2D eigenvalue weighted by Crippen LogP contribution is 2.23. The Morgan fingerprint density at radius 1 is 1.00 bits per heavy atom. The van der Waals surface area contributed by atoms with Crippen LogP contribution in [0.15, 0.2) is 42.5 Å². The zero-order valence-corrected chi connectivity index (χ0v) is 30.9. The molecule has 3 rings (SSSR count). The number of nitrogens with two attached hydrogens (primary N) is 1. The van der Waals surface area contributed by atoms with Gasteiger partial charge in [-0.15, -0.1) is 0 Å². The molecule has 5 N–H and O–H groups in total. The number of benzene rings is 2. The van der Waals surface area contributed by atoms with Crippen LogP contribution >= 0.6 is 0 Å². The van der Waals surface area contributed by atoms with Crippen LogP contribution in [0.5, 0.6) is 0 Å². The number of hydrogen-bond acceptors (Lipinski definition) is 9. The van der Waals surface area contributed by atoms with E-state index in [4.69, 9.17) is 10.5 Å². The molecule has 1 aliphatic rings. The molecule has 0 saturated carbocycles. The largest absolute Gasteiger partial charge is 0.460 e. The Hall–Kier alpha value is -3.46. The van der Waals surface area contributed by atoms with Crippen LogP contribution in [0.3, 0.4) is 0 Å². The van der Waals surface area contributed by atoms with E-state index in [0.29, 0.717) is 51.4 Å². The SMILES string of the molecule is CCCC(CCC)S(=O)(=O)CC(N)(C(=O)N[C@@H](Cc1cc(F)cc(F)c1)[C@H](O)CNCc1cccc(CC)c1)C(=O)OC1CCN(C(C)=O)CC1. The quantitative estimate of drug-likeness (QED) is 0.125. The Morgan fingerprint density at radius 2 is 1.61 bits per heavy atom. The van der Waals surface area contributed by atoms with E-state index in [-0.39, 0.29) is 37.3 Å². The van der Waals surface area contributed by atoms with Crippen molar-refractivity contribution in [2.75, 3.05) is 25.4 Å². The van der Waals surface area contributed by atoms with E-state index in [0.717, 1.165) is 29.7 Å². The van der Waals surface area contributed by atoms with Gasteiger partial charge in [0.25, 0.3) is 5.91 Å². The number of rotatable bonds is 19. The predicted molar refractivity (Wildman–Crippen MR) is 191 cm³/mol. The van der Waals surface area contributed by atoms with Crippen LogP contribution in [-0.2, 0) is 48.3 Å². The number of amides is 2. The molecule has 2 aromatic rings. The van der Waals surface area contributed by atoms with Crippen LogP contribution in [0.4, 0.5) is 8.78 Å². The second kappa shape index (κ2) is 19.4. The number of carbonyl (C=O) groups excluding carboxylic acids is 3. The van der Waals surface area contributed by atoms with Crippen molar-refractivity contribution in [2.24, 2.45) is 5.73 Å². The lowest BCUT2D eigenvalue weighted by Crippen LogP contribution is -2.67. The highest BCUT2D eigenvalue weighted by Gasteiger charge is 2.50. The number of aryl methyl sites for hydroxylation is 1. The lowest BCUT2D eigenvalue weighted by molar-refractivity contribution is -0.160. The van der Waals surface area contributed by atoms with E-state index in [9.17, 15) is 36.7 Å². The first kappa shape index (κ1) is 42.0. The third kappa shape index (κ3) is 12.3. The van der Waals surface area contributed by atoms with E-state index in [1.807, 2.05) is 45.0 Å². The normalized spacial score (nSPS) is 16.4. The number of piperidine rings is 1. The van der Waals surface area contributed by atoms with Crippen molar-refractivity contribution >= 4 is 27.6 Å². The van der Waals surface area contributed by atoms with Gasteiger partial charge in [0.05, 0.1) is 23.1 Å². The summed E-state index contributed by atoms with van der Waals surface area (Å²) in [6, 6.07) is 9.38. The maximum atomic E-state index is 14.2. The standard InChI is InChI=1S/C37H54F2N4O7S/c1-5-9-32(10-6-2)51(48,49)24-37(40,36(47)50-31-13-15-43(16-14-31)25(4)44)35(46)42-33(20-28-18-29(38)21-30(39)19-28)34(45)23-41-22-27-12-8-11-26(7-3)17-27/h8,11-12,17-19,21,31-34,41,45H,5-7,9-10,13-16,20,22-24,40H2,1-4H3,(H,42,46)/t33-,34+,37?/m0/s1. The molecule has 1 saturated heterocycles. The van der Waals surface area contributed by atoms with E-state index in [1.54, 1.807) is 4.90 Å². The first-order valence-electron chi connectivity index (χ1n) is 17.8. The van der Waals surface area contributed by atoms with Gasteiger partial charge in [-0.1, -0.05) is 57.9 Å². The maximum Gasteiger partial charge on any atom is 0.337 e.